The van der Waals surface area contributed by atoms with Crippen LogP contribution in [0.5, 0.6) is 11.5 Å². The van der Waals surface area contributed by atoms with Gasteiger partial charge in [0.05, 0.1) is 61.8 Å². The topological polar surface area (TPSA) is 162 Å². The van der Waals surface area contributed by atoms with E-state index in [1.165, 1.54) is 12.1 Å². The minimum absolute atomic E-state index is 0.0797. The van der Waals surface area contributed by atoms with Crippen molar-refractivity contribution in [2.45, 2.75) is 57.8 Å². The highest BCUT2D eigenvalue weighted by Gasteiger charge is 2.28. The van der Waals surface area contributed by atoms with Crippen molar-refractivity contribution in [3.63, 3.8) is 0 Å². The lowest BCUT2D eigenvalue weighted by Gasteiger charge is -2.36. The van der Waals surface area contributed by atoms with Crippen LogP contribution in [0.1, 0.15) is 55.4 Å². The van der Waals surface area contributed by atoms with Gasteiger partial charge >= 0.3 is 6.09 Å². The van der Waals surface area contributed by atoms with Gasteiger partial charge in [-0.2, -0.15) is 0 Å². The number of quaternary nitrogens is 1. The molecule has 13 heteroatoms. The van der Waals surface area contributed by atoms with E-state index in [0.717, 1.165) is 52.7 Å². The zero-order chi connectivity index (χ0) is 40.5. The van der Waals surface area contributed by atoms with E-state index in [1.54, 1.807) is 24.3 Å². The number of anilines is 2. The van der Waals surface area contributed by atoms with E-state index in [-0.39, 0.29) is 41.8 Å². The van der Waals surface area contributed by atoms with Gasteiger partial charge in [-0.05, 0) is 60.7 Å². The predicted octanol–water partition coefficient (Wildman–Crippen LogP) is 7.52. The Morgan fingerprint density at radius 3 is 2.49 bits per heavy atom. The van der Waals surface area contributed by atoms with Gasteiger partial charge in [-0.1, -0.05) is 60.1 Å². The first kappa shape index (κ1) is 41.2. The van der Waals surface area contributed by atoms with Gasteiger partial charge in [0, 0.05) is 61.0 Å². The van der Waals surface area contributed by atoms with Crippen molar-refractivity contribution in [1.29, 1.82) is 0 Å². The summed E-state index contributed by atoms with van der Waals surface area (Å²) >= 11 is 6.66. The van der Waals surface area contributed by atoms with E-state index in [4.69, 9.17) is 21.1 Å². The highest BCUT2D eigenvalue weighted by atomic mass is 35.5. The summed E-state index contributed by atoms with van der Waals surface area (Å²) < 4.78 is 12.7. The molecule has 4 aromatic carbocycles. The van der Waals surface area contributed by atoms with Crippen LogP contribution in [0.3, 0.4) is 0 Å². The number of rotatable bonds is 15. The number of aryl methyl sites for hydroxylation is 1. The molecule has 0 saturated carbocycles. The standard InChI is InChI=1S/C44H50ClN5O7/c1-4-56-40-25-37(35(45)24-30(40)26-46-27-39(52)33-15-17-38(51)43-34(33)16-18-42(54)49-43)47-41(53)12-8-9-28-13-14-32(29-10-6-5-7-11-29)36(23-28)48-44(55)57-31-19-21-50(2,3)22-20-31/h5-7,10-11,13-18,23-25,31,39,46,52H,4,8-9,12,19-22,26-27H2,1-3H3,(H3-,47,48,49,51,53,54,55)/p+1/t39-/m0/s1. The van der Waals surface area contributed by atoms with Crippen molar-refractivity contribution in [3.05, 3.63) is 117 Å². The molecule has 0 spiro atoms. The summed E-state index contributed by atoms with van der Waals surface area (Å²) in [6, 6.07) is 25.2. The van der Waals surface area contributed by atoms with Gasteiger partial charge in [0.15, 0.2) is 0 Å². The fourth-order valence-electron chi connectivity index (χ4n) is 7.16. The third kappa shape index (κ3) is 10.9. The van der Waals surface area contributed by atoms with E-state index in [2.05, 4.69) is 35.0 Å². The third-order valence-corrected chi connectivity index (χ3v) is 10.6. The van der Waals surface area contributed by atoms with Crippen LogP contribution < -0.4 is 26.2 Å². The van der Waals surface area contributed by atoms with E-state index in [1.807, 2.05) is 55.5 Å². The normalized spacial score (nSPS) is 14.5. The minimum atomic E-state index is -0.941. The SMILES string of the molecule is CCOc1cc(NC(=O)CCCc2ccc(-c3ccccc3)c(NC(=O)OC3CC[N+](C)(C)CC3)c2)c(Cl)cc1CNC[C@H](O)c1ccc(O)c2[nH]c(=O)ccc12. The van der Waals surface area contributed by atoms with Crippen molar-refractivity contribution >= 4 is 45.9 Å². The number of carbonyl (C=O) groups excluding carboxylic acids is 2. The molecule has 2 heterocycles. The molecular formula is C44H51ClN5O7+. The number of hydrogen-bond acceptors (Lipinski definition) is 8. The molecule has 0 radical (unpaired) electrons. The number of aromatic hydroxyl groups is 1. The van der Waals surface area contributed by atoms with E-state index < -0.39 is 12.2 Å². The highest BCUT2D eigenvalue weighted by molar-refractivity contribution is 6.33. The number of phenolic OH excluding ortho intramolecular Hbond substituents is 1. The van der Waals surface area contributed by atoms with Crippen molar-refractivity contribution < 1.29 is 33.8 Å². The number of H-pyrrole nitrogens is 1. The van der Waals surface area contributed by atoms with Crippen LogP contribution in [0, 0.1) is 0 Å². The number of amides is 2. The molecule has 6 rings (SSSR count). The average molecular weight is 797 g/mol. The maximum atomic E-state index is 13.1. The Morgan fingerprint density at radius 2 is 1.74 bits per heavy atom. The lowest BCUT2D eigenvalue weighted by molar-refractivity contribution is -0.896. The van der Waals surface area contributed by atoms with Gasteiger partial charge in [0.25, 0.3) is 0 Å². The van der Waals surface area contributed by atoms with Crippen LogP contribution in [0.4, 0.5) is 16.2 Å². The number of carbonyl (C=O) groups is 2. The fraction of sp³-hybridized carbons (Fsp3) is 0.341. The number of aromatic amines is 1. The molecule has 0 bridgehead atoms. The number of nitrogens with zero attached hydrogens (tertiary/aromatic N) is 1. The quantitative estimate of drug-likeness (QED) is 0.0593. The van der Waals surface area contributed by atoms with Crippen molar-refractivity contribution in [1.82, 2.24) is 10.3 Å². The van der Waals surface area contributed by atoms with Crippen LogP contribution in [0.2, 0.25) is 5.02 Å². The fourth-order valence-corrected chi connectivity index (χ4v) is 7.39. The summed E-state index contributed by atoms with van der Waals surface area (Å²) in [6.45, 7) is 4.64. The number of halogens is 1. The van der Waals surface area contributed by atoms with Gasteiger partial charge in [0.2, 0.25) is 11.5 Å². The smallest absolute Gasteiger partial charge is 0.411 e. The number of aliphatic hydroxyl groups excluding tert-OH is 1. The van der Waals surface area contributed by atoms with Gasteiger partial charge in [-0.25, -0.2) is 4.79 Å². The lowest BCUT2D eigenvalue weighted by Crippen LogP contribution is -2.48. The number of phenols is 1. The van der Waals surface area contributed by atoms with Gasteiger partial charge < -0.3 is 39.8 Å². The molecule has 2 amide bonds. The maximum absolute atomic E-state index is 13.1. The largest absolute Gasteiger partial charge is 0.506 e. The second-order valence-electron chi connectivity index (χ2n) is 15.1. The van der Waals surface area contributed by atoms with Crippen molar-refractivity contribution in [2.24, 2.45) is 0 Å². The Bertz CT molecular complexity index is 2250. The van der Waals surface area contributed by atoms with Crippen LogP contribution in [-0.4, -0.2) is 78.1 Å². The van der Waals surface area contributed by atoms with Gasteiger partial charge in [-0.15, -0.1) is 0 Å². The molecule has 1 saturated heterocycles. The number of aliphatic hydroxyl groups is 1. The van der Waals surface area contributed by atoms with Crippen LogP contribution in [0.15, 0.2) is 89.7 Å². The molecule has 0 aliphatic carbocycles. The van der Waals surface area contributed by atoms with Crippen molar-refractivity contribution in [3.8, 4) is 22.6 Å². The Kier molecular flexibility index (Phi) is 13.5. The van der Waals surface area contributed by atoms with Crippen LogP contribution in [0.25, 0.3) is 22.0 Å². The highest BCUT2D eigenvalue weighted by Crippen LogP contribution is 2.33. The Hall–Kier alpha value is -5.40. The second kappa shape index (κ2) is 18.7. The third-order valence-electron chi connectivity index (χ3n) is 10.3. The zero-order valence-corrected chi connectivity index (χ0v) is 33.3. The summed E-state index contributed by atoms with van der Waals surface area (Å²) in [5, 5.41) is 31.2. The molecule has 1 atom stereocenters. The number of hydrogen-bond donors (Lipinski definition) is 6. The number of nitrogens with one attached hydrogen (secondary N) is 4. The molecular weight excluding hydrogens is 746 g/mol. The molecule has 1 fully saturated rings. The number of likely N-dealkylation sites (tertiary alicyclic amines) is 1. The molecule has 300 valence electrons. The van der Waals surface area contributed by atoms with Crippen LogP contribution in [-0.2, 0) is 22.5 Å². The van der Waals surface area contributed by atoms with Gasteiger partial charge in [-0.3, -0.25) is 14.9 Å². The number of aromatic nitrogens is 1. The molecule has 5 aromatic rings. The van der Waals surface area contributed by atoms with E-state index in [9.17, 15) is 24.6 Å². The summed E-state index contributed by atoms with van der Waals surface area (Å²) in [5.74, 6) is 0.257. The molecule has 0 unspecified atom stereocenters. The minimum Gasteiger partial charge on any atom is -0.506 e. The van der Waals surface area contributed by atoms with Crippen LogP contribution >= 0.6 is 11.6 Å². The molecule has 1 aliphatic heterocycles. The number of ether oxygens (including phenoxy) is 2. The maximum Gasteiger partial charge on any atom is 0.411 e. The van der Waals surface area contributed by atoms with E-state index in [0.29, 0.717) is 59.1 Å². The molecule has 57 heavy (non-hydrogen) atoms. The summed E-state index contributed by atoms with van der Waals surface area (Å²) in [4.78, 5) is 40.6. The second-order valence-corrected chi connectivity index (χ2v) is 15.5. The molecule has 6 N–H and O–H groups in total. The molecule has 1 aliphatic rings. The number of fused-ring (bicyclic) bond motifs is 1. The molecule has 1 aromatic heterocycles. The first-order valence-electron chi connectivity index (χ1n) is 19.4. The number of pyridine rings is 1. The first-order valence-corrected chi connectivity index (χ1v) is 19.7. The average Bonchev–Trinajstić information content (AvgIpc) is 3.18. The van der Waals surface area contributed by atoms with Crippen molar-refractivity contribution in [2.75, 3.05) is 51.0 Å². The zero-order valence-electron chi connectivity index (χ0n) is 32.6. The summed E-state index contributed by atoms with van der Waals surface area (Å²) in [7, 11) is 4.38. The number of piperidine rings is 1. The number of benzene rings is 4. The predicted molar refractivity (Wildman–Crippen MR) is 224 cm³/mol. The van der Waals surface area contributed by atoms with E-state index >= 15 is 0 Å². The van der Waals surface area contributed by atoms with Gasteiger partial charge in [0.1, 0.15) is 17.6 Å². The lowest BCUT2D eigenvalue weighted by atomic mass is 9.99. The Morgan fingerprint density at radius 1 is 0.965 bits per heavy atom. The summed E-state index contributed by atoms with van der Waals surface area (Å²) in [6.07, 6.45) is 1.53. The Labute approximate surface area is 337 Å². The summed E-state index contributed by atoms with van der Waals surface area (Å²) in [5.41, 5.74) is 5.11. The first-order chi connectivity index (χ1) is 27.4. The molecule has 12 nitrogen and oxygen atoms in total. The monoisotopic (exact) mass is 796 g/mol. The Balaban J connectivity index is 1.05.